The van der Waals surface area contributed by atoms with Gasteiger partial charge in [-0.25, -0.2) is 0 Å². The molecule has 5 aliphatic rings. The Kier molecular flexibility index (Phi) is 2.02. The van der Waals surface area contributed by atoms with Gasteiger partial charge in [-0.2, -0.15) is 0 Å². The molecule has 7 rings (SSSR count). The zero-order chi connectivity index (χ0) is 16.6. The summed E-state index contributed by atoms with van der Waals surface area (Å²) in [4.78, 5) is 2.31. The summed E-state index contributed by atoms with van der Waals surface area (Å²) in [6.07, 6.45) is 2.99. The predicted octanol–water partition coefficient (Wildman–Crippen LogP) is 4.24. The van der Waals surface area contributed by atoms with Gasteiger partial charge in [0.15, 0.2) is 10.7 Å². The maximum absolute atomic E-state index is 6.74. The Labute approximate surface area is 158 Å². The van der Waals surface area contributed by atoms with Crippen LogP contribution in [0.1, 0.15) is 29.5 Å². The molecule has 2 spiro atoms. The molecule has 2 atom stereocenters. The molecule has 2 unspecified atom stereocenters. The maximum atomic E-state index is 6.74. The average Bonchev–Trinajstić information content (AvgIpc) is 3.03. The largest absolute Gasteiger partial charge is 0.483 e. The number of nitrogens with zero attached hydrogens (tertiary/aromatic N) is 1. The number of rotatable bonds is 0. The molecule has 2 aromatic rings. The van der Waals surface area contributed by atoms with Crippen molar-refractivity contribution in [2.75, 3.05) is 4.90 Å². The van der Waals surface area contributed by atoms with Crippen molar-refractivity contribution in [1.82, 2.24) is 5.32 Å². The second-order valence-corrected chi connectivity index (χ2v) is 8.77. The van der Waals surface area contributed by atoms with Gasteiger partial charge in [-0.15, -0.1) is 0 Å². The summed E-state index contributed by atoms with van der Waals surface area (Å²) in [5.74, 6) is 1.03. The average molecular weight is 409 g/mol. The number of benzene rings is 2. The number of aryl methyl sites for hydroxylation is 1. The first-order valence-corrected chi connectivity index (χ1v) is 9.83. The number of hydrogen-bond donors (Lipinski definition) is 1. The van der Waals surface area contributed by atoms with Gasteiger partial charge in [0.05, 0.1) is 16.9 Å². The van der Waals surface area contributed by atoms with Crippen LogP contribution < -0.4 is 15.0 Å². The quantitative estimate of drug-likeness (QED) is 0.658. The van der Waals surface area contributed by atoms with E-state index in [2.05, 4.69) is 62.5 Å². The molecule has 5 heteroatoms. The first-order valence-electron chi connectivity index (χ1n) is 8.62. The Hall–Kier alpha value is -1.85. The summed E-state index contributed by atoms with van der Waals surface area (Å²) >= 11 is 9.47. The van der Waals surface area contributed by atoms with Gasteiger partial charge in [0.25, 0.3) is 0 Å². The monoisotopic (exact) mass is 408 g/mol. The van der Waals surface area contributed by atoms with E-state index in [-0.39, 0.29) is 11.1 Å². The van der Waals surface area contributed by atoms with Crippen LogP contribution in [0.25, 0.3) is 5.57 Å². The lowest BCUT2D eigenvalue weighted by molar-refractivity contribution is 0.0413. The zero-order valence-corrected chi connectivity index (χ0v) is 15.6. The molecule has 1 N–H and O–H groups in total. The van der Waals surface area contributed by atoms with E-state index >= 15 is 0 Å². The third-order valence-electron chi connectivity index (χ3n) is 6.68. The van der Waals surface area contributed by atoms with Crippen LogP contribution in [-0.4, -0.2) is 10.7 Å². The second kappa shape index (κ2) is 3.79. The minimum absolute atomic E-state index is 0.235. The van der Waals surface area contributed by atoms with Crippen molar-refractivity contribution in [3.05, 3.63) is 63.3 Å². The number of nitrogens with one attached hydrogen (secondary N) is 1. The van der Waals surface area contributed by atoms with Gasteiger partial charge in [-0.05, 0) is 69.8 Å². The van der Waals surface area contributed by atoms with Crippen molar-refractivity contribution in [2.24, 2.45) is 0 Å². The molecule has 3 nitrogen and oxygen atoms in total. The van der Waals surface area contributed by atoms with Crippen molar-refractivity contribution in [1.29, 1.82) is 0 Å². The number of halogens is 1. The highest BCUT2D eigenvalue weighted by Gasteiger charge is 2.79. The molecular formula is C20H13BrN2OS. The Balaban J connectivity index is 1.64. The van der Waals surface area contributed by atoms with Crippen LogP contribution in [0.15, 0.2) is 46.6 Å². The fraction of sp³-hybridized carbons (Fsp3) is 0.250. The predicted molar refractivity (Wildman–Crippen MR) is 104 cm³/mol. The lowest BCUT2D eigenvalue weighted by atomic mass is 9.68. The van der Waals surface area contributed by atoms with Crippen LogP contribution in [-0.2, 0) is 12.0 Å². The van der Waals surface area contributed by atoms with Crippen LogP contribution in [0.5, 0.6) is 5.75 Å². The van der Waals surface area contributed by atoms with E-state index in [1.807, 2.05) is 0 Å². The lowest BCUT2D eigenvalue weighted by Gasteiger charge is -2.51. The first-order chi connectivity index (χ1) is 12.2. The van der Waals surface area contributed by atoms with E-state index in [1.165, 1.54) is 33.6 Å². The molecule has 0 saturated carbocycles. The Morgan fingerprint density at radius 1 is 1.20 bits per heavy atom. The fourth-order valence-electron chi connectivity index (χ4n) is 5.87. The fourth-order valence-corrected chi connectivity index (χ4v) is 6.70. The minimum Gasteiger partial charge on any atom is -0.483 e. The van der Waals surface area contributed by atoms with Gasteiger partial charge in [0.2, 0.25) is 0 Å². The number of thiocarbonyl (C=S) groups is 1. The summed E-state index contributed by atoms with van der Waals surface area (Å²) < 4.78 is 7.83. The number of ether oxygens (including phenoxy) is 1. The van der Waals surface area contributed by atoms with E-state index in [0.717, 1.165) is 34.6 Å². The highest BCUT2D eigenvalue weighted by molar-refractivity contribution is 9.10. The van der Waals surface area contributed by atoms with Crippen LogP contribution >= 0.6 is 28.1 Å². The summed E-state index contributed by atoms with van der Waals surface area (Å²) in [5.41, 5.74) is 7.44. The second-order valence-electron chi connectivity index (χ2n) is 7.53. The van der Waals surface area contributed by atoms with Crippen LogP contribution in [0.2, 0.25) is 0 Å². The highest BCUT2D eigenvalue weighted by Crippen LogP contribution is 2.75. The molecule has 1 saturated heterocycles. The molecule has 2 bridgehead atoms. The van der Waals surface area contributed by atoms with Crippen molar-refractivity contribution >= 4 is 44.5 Å². The molecule has 0 radical (unpaired) electrons. The van der Waals surface area contributed by atoms with Gasteiger partial charge < -0.3 is 10.1 Å². The van der Waals surface area contributed by atoms with E-state index in [1.54, 1.807) is 0 Å². The highest BCUT2D eigenvalue weighted by atomic mass is 79.9. The molecule has 0 aromatic heterocycles. The van der Waals surface area contributed by atoms with Gasteiger partial charge >= 0.3 is 0 Å². The maximum Gasteiger partial charge on any atom is 0.179 e. The SMILES string of the molecule is S=C1NC2=C3CC4(CCc5ccccc53)Oc3ccc(Br)c5c3C24N15. The van der Waals surface area contributed by atoms with Crippen molar-refractivity contribution in [2.45, 2.75) is 30.4 Å². The standard InChI is InChI=1S/C20H13BrN2OS/c21-13-5-6-14-15-16(13)23-18(25)22-17-12-9-19(24-14,20(15,17)23)8-7-10-3-1-2-4-11(10)12/h1-6H,7-9H2,(H,22,25). The molecule has 25 heavy (non-hydrogen) atoms. The third kappa shape index (κ3) is 1.13. The summed E-state index contributed by atoms with van der Waals surface area (Å²) in [5, 5.41) is 4.38. The van der Waals surface area contributed by atoms with Crippen molar-refractivity contribution in [3.8, 4) is 5.75 Å². The van der Waals surface area contributed by atoms with Crippen LogP contribution in [0.3, 0.4) is 0 Å². The van der Waals surface area contributed by atoms with Gasteiger partial charge in [-0.3, -0.25) is 4.90 Å². The molecule has 2 aromatic carbocycles. The van der Waals surface area contributed by atoms with E-state index in [9.17, 15) is 0 Å². The van der Waals surface area contributed by atoms with Gasteiger partial charge in [0.1, 0.15) is 11.4 Å². The number of hydrogen-bond acceptors (Lipinski definition) is 2. The third-order valence-corrected chi connectivity index (χ3v) is 7.60. The molecule has 3 heterocycles. The van der Waals surface area contributed by atoms with Crippen LogP contribution in [0, 0.1) is 0 Å². The first kappa shape index (κ1) is 13.4. The zero-order valence-electron chi connectivity index (χ0n) is 13.2. The van der Waals surface area contributed by atoms with Crippen molar-refractivity contribution < 1.29 is 4.74 Å². The minimum atomic E-state index is -0.250. The molecule has 0 amide bonds. The van der Waals surface area contributed by atoms with E-state index in [4.69, 9.17) is 17.0 Å². The topological polar surface area (TPSA) is 24.5 Å². The molecular weight excluding hydrogens is 396 g/mol. The van der Waals surface area contributed by atoms with Gasteiger partial charge in [0, 0.05) is 10.9 Å². The summed E-state index contributed by atoms with van der Waals surface area (Å²) in [6, 6.07) is 13.0. The number of anilines is 1. The Bertz CT molecular complexity index is 1090. The molecule has 1 fully saturated rings. The van der Waals surface area contributed by atoms with Crippen molar-refractivity contribution in [3.63, 3.8) is 0 Å². The summed E-state index contributed by atoms with van der Waals surface area (Å²) in [6.45, 7) is 0. The summed E-state index contributed by atoms with van der Waals surface area (Å²) in [7, 11) is 0. The Morgan fingerprint density at radius 3 is 3.00 bits per heavy atom. The lowest BCUT2D eigenvalue weighted by Crippen LogP contribution is -2.63. The van der Waals surface area contributed by atoms with E-state index in [0.29, 0.717) is 0 Å². The number of fused-ring (bicyclic) bond motifs is 4. The van der Waals surface area contributed by atoms with Gasteiger partial charge in [-0.1, -0.05) is 24.3 Å². The normalized spacial score (nSPS) is 31.7. The van der Waals surface area contributed by atoms with Crippen LogP contribution in [0.4, 0.5) is 5.69 Å². The molecule has 2 aliphatic carbocycles. The molecule has 3 aliphatic heterocycles. The smallest absolute Gasteiger partial charge is 0.179 e. The Morgan fingerprint density at radius 2 is 2.08 bits per heavy atom. The molecule has 122 valence electrons. The van der Waals surface area contributed by atoms with E-state index < -0.39 is 0 Å².